The number of fused-ring (bicyclic) bond motifs is 1. The summed E-state index contributed by atoms with van der Waals surface area (Å²) < 4.78 is 0. The minimum Gasteiger partial charge on any atom is -0.368 e. The standard InChI is InChI=1S/C15H25N5S/c1-5-10(3)20(4)8-7-17-13-12-9-11(6-2)21-14(12)19-15(16)18-13/h9-10H,5-8H2,1-4H3,(H3,16,17,18,19). The van der Waals surface area contributed by atoms with E-state index < -0.39 is 0 Å². The van der Waals surface area contributed by atoms with Gasteiger partial charge in [-0.15, -0.1) is 11.3 Å². The van der Waals surface area contributed by atoms with Gasteiger partial charge in [-0.3, -0.25) is 0 Å². The first-order valence-corrected chi connectivity index (χ1v) is 8.36. The third-order valence-electron chi connectivity index (χ3n) is 3.91. The lowest BCUT2D eigenvalue weighted by atomic mass is 10.2. The molecule has 2 rings (SSSR count). The van der Waals surface area contributed by atoms with Crippen LogP contribution in [0.4, 0.5) is 11.8 Å². The number of nitrogen functional groups attached to an aromatic ring is 1. The zero-order valence-corrected chi connectivity index (χ0v) is 14.1. The smallest absolute Gasteiger partial charge is 0.223 e. The first kappa shape index (κ1) is 16.0. The third kappa shape index (κ3) is 3.83. The summed E-state index contributed by atoms with van der Waals surface area (Å²) in [5.74, 6) is 1.19. The number of hydrogen-bond donors (Lipinski definition) is 2. The average molecular weight is 307 g/mol. The fourth-order valence-corrected chi connectivity index (χ4v) is 3.15. The summed E-state index contributed by atoms with van der Waals surface area (Å²) in [5, 5.41) is 4.49. The van der Waals surface area contributed by atoms with E-state index >= 15 is 0 Å². The zero-order chi connectivity index (χ0) is 15.4. The Morgan fingerprint density at radius 3 is 2.81 bits per heavy atom. The van der Waals surface area contributed by atoms with Gasteiger partial charge in [0.1, 0.15) is 10.6 Å². The number of aryl methyl sites for hydroxylation is 1. The molecule has 0 aliphatic heterocycles. The van der Waals surface area contributed by atoms with Crippen molar-refractivity contribution in [3.63, 3.8) is 0 Å². The van der Waals surface area contributed by atoms with Crippen molar-refractivity contribution in [1.82, 2.24) is 14.9 Å². The molecule has 0 aromatic carbocycles. The van der Waals surface area contributed by atoms with E-state index in [1.54, 1.807) is 11.3 Å². The molecule has 0 spiro atoms. The van der Waals surface area contributed by atoms with Gasteiger partial charge in [-0.1, -0.05) is 13.8 Å². The topological polar surface area (TPSA) is 67.1 Å². The minimum atomic E-state index is 0.338. The Hall–Kier alpha value is -1.40. The molecule has 0 fully saturated rings. The van der Waals surface area contributed by atoms with Gasteiger partial charge in [-0.05, 0) is 32.9 Å². The van der Waals surface area contributed by atoms with Crippen molar-refractivity contribution in [2.45, 2.75) is 39.7 Å². The summed E-state index contributed by atoms with van der Waals surface area (Å²) >= 11 is 1.69. The molecule has 21 heavy (non-hydrogen) atoms. The van der Waals surface area contributed by atoms with Crippen LogP contribution in [0.25, 0.3) is 10.2 Å². The predicted molar refractivity (Wildman–Crippen MR) is 92.1 cm³/mol. The molecule has 1 atom stereocenters. The molecule has 0 aliphatic rings. The van der Waals surface area contributed by atoms with Crippen molar-refractivity contribution < 1.29 is 0 Å². The number of thiophene rings is 1. The molecule has 116 valence electrons. The highest BCUT2D eigenvalue weighted by Crippen LogP contribution is 2.29. The van der Waals surface area contributed by atoms with Crippen LogP contribution in [-0.2, 0) is 6.42 Å². The Bertz CT molecular complexity index is 595. The number of rotatable bonds is 7. The van der Waals surface area contributed by atoms with Gasteiger partial charge in [0.25, 0.3) is 0 Å². The number of hydrogen-bond acceptors (Lipinski definition) is 6. The van der Waals surface area contributed by atoms with Crippen molar-refractivity contribution in [1.29, 1.82) is 0 Å². The van der Waals surface area contributed by atoms with E-state index in [-0.39, 0.29) is 0 Å². The molecule has 0 saturated carbocycles. The van der Waals surface area contributed by atoms with Crippen LogP contribution in [0.2, 0.25) is 0 Å². The number of nitrogens with one attached hydrogen (secondary N) is 1. The Morgan fingerprint density at radius 2 is 2.14 bits per heavy atom. The molecule has 3 N–H and O–H groups in total. The van der Waals surface area contributed by atoms with Crippen LogP contribution in [0.15, 0.2) is 6.07 Å². The molecular weight excluding hydrogens is 282 g/mol. The summed E-state index contributed by atoms with van der Waals surface area (Å²) in [6.07, 6.45) is 2.17. The molecule has 0 saturated heterocycles. The van der Waals surface area contributed by atoms with Gasteiger partial charge in [-0.25, -0.2) is 4.98 Å². The average Bonchev–Trinajstić information content (AvgIpc) is 2.89. The number of aromatic nitrogens is 2. The van der Waals surface area contributed by atoms with Gasteiger partial charge in [0, 0.05) is 24.0 Å². The number of nitrogens with zero attached hydrogens (tertiary/aromatic N) is 3. The summed E-state index contributed by atoms with van der Waals surface area (Å²) in [5.41, 5.74) is 5.81. The second-order valence-corrected chi connectivity index (χ2v) is 6.50. The lowest BCUT2D eigenvalue weighted by Crippen LogP contribution is -2.32. The summed E-state index contributed by atoms with van der Waals surface area (Å²) in [7, 11) is 2.15. The fourth-order valence-electron chi connectivity index (χ4n) is 2.18. The van der Waals surface area contributed by atoms with Crippen LogP contribution in [0.3, 0.4) is 0 Å². The van der Waals surface area contributed by atoms with Gasteiger partial charge in [0.15, 0.2) is 0 Å². The molecule has 0 aliphatic carbocycles. The second-order valence-electron chi connectivity index (χ2n) is 5.38. The first-order valence-electron chi connectivity index (χ1n) is 7.55. The summed E-state index contributed by atoms with van der Waals surface area (Å²) in [4.78, 5) is 13.3. The van der Waals surface area contributed by atoms with Crippen molar-refractivity contribution in [3.8, 4) is 0 Å². The number of nitrogens with two attached hydrogens (primary N) is 1. The van der Waals surface area contributed by atoms with Gasteiger partial charge in [0.2, 0.25) is 5.95 Å². The van der Waals surface area contributed by atoms with E-state index in [0.29, 0.717) is 12.0 Å². The highest BCUT2D eigenvalue weighted by Gasteiger charge is 2.11. The quantitative estimate of drug-likeness (QED) is 0.823. The molecule has 1 unspecified atom stereocenters. The Balaban J connectivity index is 2.09. The Labute approximate surface area is 130 Å². The van der Waals surface area contributed by atoms with Crippen molar-refractivity contribution in [3.05, 3.63) is 10.9 Å². The molecule has 2 aromatic rings. The van der Waals surface area contributed by atoms with Crippen LogP contribution in [0.1, 0.15) is 32.1 Å². The SMILES string of the molecule is CCc1cc2c(NCCN(C)C(C)CC)nc(N)nc2s1. The largest absolute Gasteiger partial charge is 0.368 e. The van der Waals surface area contributed by atoms with E-state index in [0.717, 1.165) is 42.0 Å². The van der Waals surface area contributed by atoms with E-state index in [1.807, 2.05) is 0 Å². The first-order chi connectivity index (χ1) is 10.0. The molecule has 2 heterocycles. The van der Waals surface area contributed by atoms with Crippen molar-refractivity contribution >= 4 is 33.3 Å². The lowest BCUT2D eigenvalue weighted by Gasteiger charge is -2.23. The van der Waals surface area contributed by atoms with E-state index in [4.69, 9.17) is 5.73 Å². The second kappa shape index (κ2) is 7.04. The van der Waals surface area contributed by atoms with Gasteiger partial charge in [0.05, 0.1) is 5.39 Å². The van der Waals surface area contributed by atoms with Gasteiger partial charge in [-0.2, -0.15) is 4.98 Å². The molecule has 0 bridgehead atoms. The molecule has 6 heteroatoms. The van der Waals surface area contributed by atoms with Crippen LogP contribution < -0.4 is 11.1 Å². The maximum absolute atomic E-state index is 5.81. The van der Waals surface area contributed by atoms with E-state index in [2.05, 4.69) is 54.1 Å². The Morgan fingerprint density at radius 1 is 1.38 bits per heavy atom. The fraction of sp³-hybridized carbons (Fsp3) is 0.600. The predicted octanol–water partition coefficient (Wildman–Crippen LogP) is 2.98. The Kier molecular flexibility index (Phi) is 5.36. The van der Waals surface area contributed by atoms with Crippen LogP contribution in [0.5, 0.6) is 0 Å². The van der Waals surface area contributed by atoms with Crippen LogP contribution >= 0.6 is 11.3 Å². The van der Waals surface area contributed by atoms with E-state index in [1.165, 1.54) is 4.88 Å². The monoisotopic (exact) mass is 307 g/mol. The van der Waals surface area contributed by atoms with E-state index in [9.17, 15) is 0 Å². The highest BCUT2D eigenvalue weighted by atomic mass is 32.1. The van der Waals surface area contributed by atoms with Crippen LogP contribution in [-0.4, -0.2) is 41.0 Å². The molecular formula is C15H25N5S. The molecule has 2 aromatic heterocycles. The van der Waals surface area contributed by atoms with Crippen LogP contribution in [0, 0.1) is 0 Å². The lowest BCUT2D eigenvalue weighted by molar-refractivity contribution is 0.261. The molecule has 0 radical (unpaired) electrons. The zero-order valence-electron chi connectivity index (χ0n) is 13.3. The maximum atomic E-state index is 5.81. The summed E-state index contributed by atoms with van der Waals surface area (Å²) in [6.45, 7) is 8.43. The maximum Gasteiger partial charge on any atom is 0.223 e. The third-order valence-corrected chi connectivity index (χ3v) is 5.08. The normalized spacial score (nSPS) is 13.0. The highest BCUT2D eigenvalue weighted by molar-refractivity contribution is 7.18. The number of anilines is 2. The van der Waals surface area contributed by atoms with Crippen molar-refractivity contribution in [2.75, 3.05) is 31.2 Å². The summed E-state index contributed by atoms with van der Waals surface area (Å²) in [6, 6.07) is 2.76. The number of likely N-dealkylation sites (N-methyl/N-ethyl adjacent to an activating group) is 1. The molecule has 5 nitrogen and oxygen atoms in total. The minimum absolute atomic E-state index is 0.338. The van der Waals surface area contributed by atoms with Gasteiger partial charge < -0.3 is 16.0 Å². The molecule has 0 amide bonds. The van der Waals surface area contributed by atoms with Crippen molar-refractivity contribution in [2.24, 2.45) is 0 Å². The van der Waals surface area contributed by atoms with Gasteiger partial charge >= 0.3 is 0 Å².